The predicted octanol–water partition coefficient (Wildman–Crippen LogP) is 1.73. The molecule has 6 nitrogen and oxygen atoms in total. The third kappa shape index (κ3) is 5.57. The van der Waals surface area contributed by atoms with Crippen molar-refractivity contribution in [1.82, 2.24) is 15.5 Å². The van der Waals surface area contributed by atoms with Crippen molar-refractivity contribution in [2.24, 2.45) is 0 Å². The molecule has 0 saturated carbocycles. The highest BCUT2D eigenvalue weighted by Gasteiger charge is 2.15. The first-order valence-electron chi connectivity index (χ1n) is 7.07. The van der Waals surface area contributed by atoms with Gasteiger partial charge in [-0.25, -0.2) is 0 Å². The van der Waals surface area contributed by atoms with Crippen LogP contribution in [0.2, 0.25) is 0 Å². The van der Waals surface area contributed by atoms with E-state index >= 15 is 0 Å². The van der Waals surface area contributed by atoms with E-state index in [2.05, 4.69) is 22.4 Å². The van der Waals surface area contributed by atoms with Gasteiger partial charge in [0.05, 0.1) is 6.04 Å². The van der Waals surface area contributed by atoms with Crippen LogP contribution in [0.15, 0.2) is 4.42 Å². The molecule has 0 bridgehead atoms. The molecule has 19 heavy (non-hydrogen) atoms. The molecule has 1 aromatic rings. The molecule has 2 N–H and O–H groups in total. The topological polar surface area (TPSA) is 74.4 Å². The summed E-state index contributed by atoms with van der Waals surface area (Å²) in [6, 6.07) is 0.646. The van der Waals surface area contributed by atoms with Crippen LogP contribution in [-0.4, -0.2) is 42.0 Å². The largest absolute Gasteiger partial charge is 0.406 e. The van der Waals surface area contributed by atoms with E-state index in [1.807, 2.05) is 18.9 Å². The number of hydrogen-bond acceptors (Lipinski definition) is 6. The van der Waals surface area contributed by atoms with E-state index in [0.717, 1.165) is 38.8 Å². The second kappa shape index (κ2) is 8.87. The number of rotatable bonds is 10. The van der Waals surface area contributed by atoms with Gasteiger partial charge in [-0.3, -0.25) is 0 Å². The van der Waals surface area contributed by atoms with Crippen molar-refractivity contribution in [1.29, 1.82) is 0 Å². The van der Waals surface area contributed by atoms with Crippen LogP contribution in [0.5, 0.6) is 0 Å². The minimum atomic E-state index is 0.0870. The zero-order valence-corrected chi connectivity index (χ0v) is 12.2. The number of nitrogens with zero attached hydrogens (tertiary/aromatic N) is 3. The number of aliphatic hydroxyl groups excluding tert-OH is 1. The normalized spacial score (nSPS) is 12.6. The Labute approximate surface area is 115 Å². The minimum absolute atomic E-state index is 0.0870. The molecule has 1 heterocycles. The molecule has 110 valence electrons. The lowest BCUT2D eigenvalue weighted by molar-refractivity contribution is 0.283. The fourth-order valence-electron chi connectivity index (χ4n) is 1.74. The van der Waals surface area contributed by atoms with E-state index in [-0.39, 0.29) is 12.6 Å². The van der Waals surface area contributed by atoms with Crippen molar-refractivity contribution >= 4 is 6.01 Å². The average molecular weight is 270 g/mol. The Morgan fingerprint density at radius 3 is 2.79 bits per heavy atom. The van der Waals surface area contributed by atoms with Crippen LogP contribution in [0.3, 0.4) is 0 Å². The molecule has 1 aromatic heterocycles. The van der Waals surface area contributed by atoms with Crippen LogP contribution in [0.4, 0.5) is 6.01 Å². The van der Waals surface area contributed by atoms with E-state index in [4.69, 9.17) is 9.52 Å². The first-order chi connectivity index (χ1) is 9.19. The lowest BCUT2D eigenvalue weighted by Crippen LogP contribution is -2.20. The van der Waals surface area contributed by atoms with Gasteiger partial charge >= 0.3 is 6.01 Å². The van der Waals surface area contributed by atoms with Crippen LogP contribution in [0.25, 0.3) is 0 Å². The van der Waals surface area contributed by atoms with Crippen LogP contribution >= 0.6 is 0 Å². The summed E-state index contributed by atoms with van der Waals surface area (Å²) >= 11 is 0. The molecule has 0 fully saturated rings. The van der Waals surface area contributed by atoms with Crippen molar-refractivity contribution in [3.05, 3.63) is 5.89 Å². The minimum Gasteiger partial charge on any atom is -0.406 e. The lowest BCUT2D eigenvalue weighted by Gasteiger charge is -2.13. The maximum Gasteiger partial charge on any atom is 0.317 e. The van der Waals surface area contributed by atoms with Crippen molar-refractivity contribution < 1.29 is 9.52 Å². The maximum atomic E-state index is 8.72. The van der Waals surface area contributed by atoms with Crippen molar-refractivity contribution in [3.8, 4) is 0 Å². The predicted molar refractivity (Wildman–Crippen MR) is 75.2 cm³/mol. The van der Waals surface area contributed by atoms with Gasteiger partial charge in [-0.15, -0.1) is 5.10 Å². The molecule has 0 aliphatic heterocycles. The summed E-state index contributed by atoms with van der Waals surface area (Å²) < 4.78 is 5.65. The summed E-state index contributed by atoms with van der Waals surface area (Å²) in [6.45, 7) is 6.20. The van der Waals surface area contributed by atoms with Gasteiger partial charge in [-0.1, -0.05) is 12.0 Å². The Kier molecular flexibility index (Phi) is 7.43. The Balaban J connectivity index is 2.39. The van der Waals surface area contributed by atoms with E-state index in [1.165, 1.54) is 0 Å². The molecule has 1 atom stereocenters. The molecule has 0 aliphatic carbocycles. The summed E-state index contributed by atoms with van der Waals surface area (Å²) in [6.07, 6.45) is 3.95. The molecule has 0 spiro atoms. The van der Waals surface area contributed by atoms with Crippen LogP contribution in [-0.2, 0) is 0 Å². The summed E-state index contributed by atoms with van der Waals surface area (Å²) in [5.41, 5.74) is 0. The van der Waals surface area contributed by atoms with E-state index in [0.29, 0.717) is 11.9 Å². The van der Waals surface area contributed by atoms with Gasteiger partial charge < -0.3 is 19.7 Å². The maximum absolute atomic E-state index is 8.72. The molecular weight excluding hydrogens is 244 g/mol. The Morgan fingerprint density at radius 2 is 2.11 bits per heavy atom. The quantitative estimate of drug-likeness (QED) is 0.631. The second-order valence-corrected chi connectivity index (χ2v) is 4.80. The summed E-state index contributed by atoms with van der Waals surface area (Å²) in [5.74, 6) is 0.630. The van der Waals surface area contributed by atoms with Crippen LogP contribution < -0.4 is 10.2 Å². The first-order valence-corrected chi connectivity index (χ1v) is 7.07. The Hall–Kier alpha value is -1.14. The third-order valence-electron chi connectivity index (χ3n) is 2.98. The fourth-order valence-corrected chi connectivity index (χ4v) is 1.74. The number of aliphatic hydroxyl groups is 1. The first kappa shape index (κ1) is 15.9. The van der Waals surface area contributed by atoms with Gasteiger partial charge in [-0.05, 0) is 39.2 Å². The molecule has 0 saturated heterocycles. The smallest absolute Gasteiger partial charge is 0.317 e. The fraction of sp³-hybridized carbons (Fsp3) is 0.846. The van der Waals surface area contributed by atoms with Crippen molar-refractivity contribution in [2.45, 2.75) is 45.6 Å². The monoisotopic (exact) mass is 270 g/mol. The lowest BCUT2D eigenvalue weighted by atomic mass is 10.2. The Morgan fingerprint density at radius 1 is 1.32 bits per heavy atom. The van der Waals surface area contributed by atoms with Crippen LogP contribution in [0, 0.1) is 0 Å². The molecule has 6 heteroatoms. The zero-order valence-electron chi connectivity index (χ0n) is 12.2. The highest BCUT2D eigenvalue weighted by atomic mass is 16.4. The molecule has 0 amide bonds. The van der Waals surface area contributed by atoms with Gasteiger partial charge in [0, 0.05) is 20.2 Å². The molecular formula is C13H26N4O2. The van der Waals surface area contributed by atoms with E-state index < -0.39 is 0 Å². The molecule has 1 unspecified atom stereocenters. The standard InChI is InChI=1S/C13H26N4O2/c1-4-8-14-11(2)12-15-16-13(19-12)17(3)9-6-5-7-10-18/h11,14,18H,4-10H2,1-3H3. The Bertz CT molecular complexity index is 343. The summed E-state index contributed by atoms with van der Waals surface area (Å²) in [4.78, 5) is 1.96. The highest BCUT2D eigenvalue weighted by Crippen LogP contribution is 2.16. The van der Waals surface area contributed by atoms with Gasteiger partial charge in [-0.2, -0.15) is 0 Å². The van der Waals surface area contributed by atoms with Gasteiger partial charge in [0.1, 0.15) is 0 Å². The van der Waals surface area contributed by atoms with E-state index in [1.54, 1.807) is 0 Å². The molecule has 0 radical (unpaired) electrons. The number of unbranched alkanes of at least 4 members (excludes halogenated alkanes) is 2. The second-order valence-electron chi connectivity index (χ2n) is 4.80. The molecule has 0 aromatic carbocycles. The number of aromatic nitrogens is 2. The third-order valence-corrected chi connectivity index (χ3v) is 2.98. The molecule has 1 rings (SSSR count). The average Bonchev–Trinajstić information content (AvgIpc) is 2.90. The summed E-state index contributed by atoms with van der Waals surface area (Å²) in [5, 5.41) is 20.2. The van der Waals surface area contributed by atoms with Gasteiger partial charge in [0.2, 0.25) is 5.89 Å². The number of hydrogen-bond donors (Lipinski definition) is 2. The number of anilines is 1. The van der Waals surface area contributed by atoms with Crippen molar-refractivity contribution in [2.75, 3.05) is 31.6 Å². The summed E-state index contributed by atoms with van der Waals surface area (Å²) in [7, 11) is 1.94. The van der Waals surface area contributed by atoms with Gasteiger partial charge in [0.25, 0.3) is 0 Å². The SMILES string of the molecule is CCCNC(C)c1nnc(N(C)CCCCCO)o1. The zero-order chi connectivity index (χ0) is 14.1. The van der Waals surface area contributed by atoms with Crippen LogP contribution in [0.1, 0.15) is 51.5 Å². The molecule has 0 aliphatic rings. The highest BCUT2D eigenvalue weighted by molar-refractivity contribution is 5.21. The van der Waals surface area contributed by atoms with E-state index in [9.17, 15) is 0 Å². The van der Waals surface area contributed by atoms with Crippen molar-refractivity contribution in [3.63, 3.8) is 0 Å². The van der Waals surface area contributed by atoms with Gasteiger partial charge in [0.15, 0.2) is 0 Å². The number of nitrogens with one attached hydrogen (secondary N) is 1.